The Balaban J connectivity index is 2.27. The van der Waals surface area contributed by atoms with Gasteiger partial charge in [0.2, 0.25) is 0 Å². The molecule has 21 heavy (non-hydrogen) atoms. The van der Waals surface area contributed by atoms with Gasteiger partial charge in [-0.1, -0.05) is 48.0 Å². The van der Waals surface area contributed by atoms with E-state index >= 15 is 0 Å². The molecule has 0 radical (unpaired) electrons. The van der Waals surface area contributed by atoms with Crippen LogP contribution in [0.4, 0.5) is 0 Å². The van der Waals surface area contributed by atoms with Gasteiger partial charge >= 0.3 is 0 Å². The molecule has 0 amide bonds. The minimum absolute atomic E-state index is 0.156. The van der Waals surface area contributed by atoms with E-state index in [0.717, 1.165) is 28.3 Å². The van der Waals surface area contributed by atoms with E-state index in [1.54, 1.807) is 0 Å². The predicted octanol–water partition coefficient (Wildman–Crippen LogP) is 4.63. The molecule has 1 unspecified atom stereocenters. The minimum Gasteiger partial charge on any atom is -0.491 e. The van der Waals surface area contributed by atoms with Crippen molar-refractivity contribution in [3.05, 3.63) is 64.7 Å². The first kappa shape index (κ1) is 15.9. The highest BCUT2D eigenvalue weighted by molar-refractivity contribution is 6.31. The van der Waals surface area contributed by atoms with Gasteiger partial charge in [-0.15, -0.1) is 0 Å². The summed E-state index contributed by atoms with van der Waals surface area (Å²) in [4.78, 5) is 0. The first-order chi connectivity index (χ1) is 10.1. The molecule has 0 aromatic heterocycles. The van der Waals surface area contributed by atoms with Gasteiger partial charge in [-0.25, -0.2) is 0 Å². The summed E-state index contributed by atoms with van der Waals surface area (Å²) in [5.74, 6) is 0.930. The van der Waals surface area contributed by atoms with Crippen LogP contribution in [0.3, 0.4) is 0 Å². The monoisotopic (exact) mass is 303 g/mol. The molecule has 0 saturated heterocycles. The molecule has 0 fully saturated rings. The third-order valence-electron chi connectivity index (χ3n) is 3.39. The zero-order valence-electron chi connectivity index (χ0n) is 12.8. The average Bonchev–Trinajstić information content (AvgIpc) is 2.47. The lowest BCUT2D eigenvalue weighted by atomic mass is 9.98. The molecule has 2 aromatic carbocycles. The fourth-order valence-electron chi connectivity index (χ4n) is 2.38. The van der Waals surface area contributed by atoms with Crippen molar-refractivity contribution < 1.29 is 4.74 Å². The first-order valence-electron chi connectivity index (χ1n) is 7.28. The SMILES string of the molecule is CNC(Cc1ccccc1Cl)c1ccccc1OC(C)C. The van der Waals surface area contributed by atoms with Gasteiger partial charge in [0.05, 0.1) is 6.10 Å². The summed E-state index contributed by atoms with van der Waals surface area (Å²) >= 11 is 6.28. The number of nitrogens with one attached hydrogen (secondary N) is 1. The second kappa shape index (κ2) is 7.48. The van der Waals surface area contributed by atoms with Crippen LogP contribution in [-0.2, 0) is 6.42 Å². The molecule has 112 valence electrons. The van der Waals surface area contributed by atoms with Gasteiger partial charge in [-0.3, -0.25) is 0 Å². The van der Waals surface area contributed by atoms with Crippen molar-refractivity contribution in [1.82, 2.24) is 5.32 Å². The van der Waals surface area contributed by atoms with Crippen LogP contribution in [0.5, 0.6) is 5.75 Å². The fraction of sp³-hybridized carbons (Fsp3) is 0.333. The van der Waals surface area contributed by atoms with Gasteiger partial charge in [0.25, 0.3) is 0 Å². The molecule has 2 nitrogen and oxygen atoms in total. The zero-order chi connectivity index (χ0) is 15.2. The van der Waals surface area contributed by atoms with E-state index in [-0.39, 0.29) is 12.1 Å². The van der Waals surface area contributed by atoms with Crippen LogP contribution in [0.25, 0.3) is 0 Å². The van der Waals surface area contributed by atoms with Gasteiger partial charge in [-0.05, 0) is 45.0 Å². The molecule has 3 heteroatoms. The summed E-state index contributed by atoms with van der Waals surface area (Å²) in [7, 11) is 1.97. The molecule has 1 atom stereocenters. The molecule has 0 spiro atoms. The second-order valence-corrected chi connectivity index (χ2v) is 5.75. The number of hydrogen-bond acceptors (Lipinski definition) is 2. The van der Waals surface area contributed by atoms with E-state index in [9.17, 15) is 0 Å². The Bertz CT molecular complexity index is 583. The minimum atomic E-state index is 0.156. The topological polar surface area (TPSA) is 21.3 Å². The maximum Gasteiger partial charge on any atom is 0.124 e. The lowest BCUT2D eigenvalue weighted by Gasteiger charge is -2.22. The highest BCUT2D eigenvalue weighted by atomic mass is 35.5. The summed E-state index contributed by atoms with van der Waals surface area (Å²) < 4.78 is 5.92. The number of hydrogen-bond donors (Lipinski definition) is 1. The van der Waals surface area contributed by atoms with Gasteiger partial charge in [-0.2, -0.15) is 0 Å². The van der Waals surface area contributed by atoms with Crippen molar-refractivity contribution in [1.29, 1.82) is 0 Å². The lowest BCUT2D eigenvalue weighted by molar-refractivity contribution is 0.238. The average molecular weight is 304 g/mol. The Morgan fingerprint density at radius 2 is 1.71 bits per heavy atom. The van der Waals surface area contributed by atoms with Crippen LogP contribution in [-0.4, -0.2) is 13.2 Å². The molecule has 2 aromatic rings. The number of rotatable bonds is 6. The van der Waals surface area contributed by atoms with E-state index in [1.807, 2.05) is 57.3 Å². The van der Waals surface area contributed by atoms with Crippen molar-refractivity contribution in [3.63, 3.8) is 0 Å². The Morgan fingerprint density at radius 1 is 1.05 bits per heavy atom. The van der Waals surface area contributed by atoms with Crippen LogP contribution >= 0.6 is 11.6 Å². The number of para-hydroxylation sites is 1. The second-order valence-electron chi connectivity index (χ2n) is 5.34. The van der Waals surface area contributed by atoms with Gasteiger partial charge in [0.1, 0.15) is 5.75 Å². The molecule has 0 heterocycles. The molecule has 0 aliphatic heterocycles. The molecular weight excluding hydrogens is 282 g/mol. The Kier molecular flexibility index (Phi) is 5.66. The molecule has 0 bridgehead atoms. The molecule has 0 aliphatic rings. The number of ether oxygens (including phenoxy) is 1. The van der Waals surface area contributed by atoms with E-state index in [2.05, 4.69) is 17.4 Å². The standard InChI is InChI=1S/C18H22ClNO/c1-13(2)21-18-11-7-5-9-15(18)17(20-3)12-14-8-4-6-10-16(14)19/h4-11,13,17,20H,12H2,1-3H3. The third kappa shape index (κ3) is 4.23. The summed E-state index contributed by atoms with van der Waals surface area (Å²) in [6, 6.07) is 16.3. The Morgan fingerprint density at radius 3 is 2.38 bits per heavy atom. The highest BCUT2D eigenvalue weighted by Crippen LogP contribution is 2.30. The van der Waals surface area contributed by atoms with E-state index in [1.165, 1.54) is 0 Å². The summed E-state index contributed by atoms with van der Waals surface area (Å²) in [6.07, 6.45) is 0.984. The first-order valence-corrected chi connectivity index (χ1v) is 7.66. The number of benzene rings is 2. The third-order valence-corrected chi connectivity index (χ3v) is 3.76. The van der Waals surface area contributed by atoms with E-state index in [4.69, 9.17) is 16.3 Å². The lowest BCUT2D eigenvalue weighted by Crippen LogP contribution is -2.20. The highest BCUT2D eigenvalue weighted by Gasteiger charge is 2.16. The van der Waals surface area contributed by atoms with Crippen LogP contribution in [0.15, 0.2) is 48.5 Å². The van der Waals surface area contributed by atoms with Crippen LogP contribution in [0.2, 0.25) is 5.02 Å². The zero-order valence-corrected chi connectivity index (χ0v) is 13.5. The number of halogens is 1. The maximum atomic E-state index is 6.28. The molecule has 1 N–H and O–H groups in total. The summed E-state index contributed by atoms with van der Waals surface area (Å²) in [5, 5.41) is 4.17. The Labute approximate surface area is 132 Å². The molecule has 0 aliphatic carbocycles. The van der Waals surface area contributed by atoms with Gasteiger partial charge < -0.3 is 10.1 Å². The van der Waals surface area contributed by atoms with Crippen molar-refractivity contribution in [2.24, 2.45) is 0 Å². The van der Waals surface area contributed by atoms with E-state index in [0.29, 0.717) is 0 Å². The van der Waals surface area contributed by atoms with Crippen molar-refractivity contribution in [3.8, 4) is 5.75 Å². The van der Waals surface area contributed by atoms with E-state index < -0.39 is 0 Å². The van der Waals surface area contributed by atoms with Gasteiger partial charge in [0, 0.05) is 16.6 Å². The summed E-state index contributed by atoms with van der Waals surface area (Å²) in [6.45, 7) is 4.08. The van der Waals surface area contributed by atoms with Crippen LogP contribution < -0.4 is 10.1 Å². The van der Waals surface area contributed by atoms with Crippen LogP contribution in [0, 0.1) is 0 Å². The predicted molar refractivity (Wildman–Crippen MR) is 89.2 cm³/mol. The molecule has 2 rings (SSSR count). The smallest absolute Gasteiger partial charge is 0.124 e. The van der Waals surface area contributed by atoms with Gasteiger partial charge in [0.15, 0.2) is 0 Å². The Hall–Kier alpha value is -1.51. The quantitative estimate of drug-likeness (QED) is 0.840. The van der Waals surface area contributed by atoms with Crippen molar-refractivity contribution in [2.75, 3.05) is 7.05 Å². The van der Waals surface area contributed by atoms with Crippen molar-refractivity contribution >= 4 is 11.6 Å². The van der Waals surface area contributed by atoms with Crippen LogP contribution in [0.1, 0.15) is 31.0 Å². The largest absolute Gasteiger partial charge is 0.491 e. The molecular formula is C18H22ClNO. The summed E-state index contributed by atoms with van der Waals surface area (Å²) in [5.41, 5.74) is 2.30. The maximum absolute atomic E-state index is 6.28. The molecule has 0 saturated carbocycles. The normalized spacial score (nSPS) is 12.4. The number of likely N-dealkylation sites (N-methyl/N-ethyl adjacent to an activating group) is 1. The fourth-order valence-corrected chi connectivity index (χ4v) is 2.59. The van der Waals surface area contributed by atoms with Crippen molar-refractivity contribution in [2.45, 2.75) is 32.4 Å².